The lowest BCUT2D eigenvalue weighted by molar-refractivity contribution is 0.488. The number of furan rings is 1. The lowest BCUT2D eigenvalue weighted by atomic mass is 10.2. The molecule has 3 rings (SSSR count). The van der Waals surface area contributed by atoms with Crippen molar-refractivity contribution in [1.82, 2.24) is 15.6 Å². The van der Waals surface area contributed by atoms with Gasteiger partial charge < -0.3 is 20.0 Å². The van der Waals surface area contributed by atoms with Gasteiger partial charge in [-0.15, -0.1) is 11.3 Å². The smallest absolute Gasteiger partial charge is 0.191 e. The number of thiazole rings is 1. The average molecular weight is 357 g/mol. The molecular formula is C18H23N5OS. The van der Waals surface area contributed by atoms with E-state index in [0.717, 1.165) is 27.6 Å². The number of benzene rings is 1. The highest BCUT2D eigenvalue weighted by molar-refractivity contribution is 7.13. The van der Waals surface area contributed by atoms with Gasteiger partial charge in [-0.2, -0.15) is 0 Å². The SMILES string of the molecule is CN=C(NCc1csc(N(C)C)n1)NC(C)c1cc2ccccc2o1. The molecule has 2 aromatic heterocycles. The number of aromatic nitrogens is 1. The van der Waals surface area contributed by atoms with E-state index >= 15 is 0 Å². The van der Waals surface area contributed by atoms with Gasteiger partial charge in [0.2, 0.25) is 0 Å². The van der Waals surface area contributed by atoms with Crippen LogP contribution in [0.5, 0.6) is 0 Å². The number of rotatable bonds is 5. The first-order valence-corrected chi connectivity index (χ1v) is 9.02. The highest BCUT2D eigenvalue weighted by Crippen LogP contribution is 2.23. The van der Waals surface area contributed by atoms with Crippen molar-refractivity contribution in [3.8, 4) is 0 Å². The van der Waals surface area contributed by atoms with Crippen molar-refractivity contribution in [3.05, 3.63) is 47.2 Å². The van der Waals surface area contributed by atoms with E-state index in [-0.39, 0.29) is 6.04 Å². The number of hydrogen-bond donors (Lipinski definition) is 2. The summed E-state index contributed by atoms with van der Waals surface area (Å²) in [6, 6.07) is 10.1. The number of para-hydroxylation sites is 1. The molecule has 0 aliphatic carbocycles. The van der Waals surface area contributed by atoms with Crippen molar-refractivity contribution in [1.29, 1.82) is 0 Å². The maximum absolute atomic E-state index is 5.91. The van der Waals surface area contributed by atoms with Crippen molar-refractivity contribution in [3.63, 3.8) is 0 Å². The van der Waals surface area contributed by atoms with E-state index in [1.807, 2.05) is 43.3 Å². The van der Waals surface area contributed by atoms with Gasteiger partial charge in [0.25, 0.3) is 0 Å². The standard InChI is InChI=1S/C18H23N5OS/c1-12(16-9-13-7-5-6-8-15(13)24-16)21-17(19-2)20-10-14-11-25-18(22-14)23(3)4/h5-9,11-12H,10H2,1-4H3,(H2,19,20,21). The zero-order chi connectivity index (χ0) is 17.8. The number of hydrogen-bond acceptors (Lipinski definition) is 5. The van der Waals surface area contributed by atoms with Crippen LogP contribution in [-0.4, -0.2) is 32.1 Å². The molecule has 0 bridgehead atoms. The number of aliphatic imine (C=N–C) groups is 1. The number of guanidine groups is 1. The van der Waals surface area contributed by atoms with Gasteiger partial charge in [0, 0.05) is 31.9 Å². The highest BCUT2D eigenvalue weighted by atomic mass is 32.1. The third kappa shape index (κ3) is 4.11. The van der Waals surface area contributed by atoms with Gasteiger partial charge in [0.15, 0.2) is 11.1 Å². The minimum atomic E-state index is 0.00590. The van der Waals surface area contributed by atoms with Gasteiger partial charge in [-0.1, -0.05) is 18.2 Å². The maximum Gasteiger partial charge on any atom is 0.191 e. The van der Waals surface area contributed by atoms with Crippen molar-refractivity contribution < 1.29 is 4.42 Å². The van der Waals surface area contributed by atoms with Crippen LogP contribution in [0.2, 0.25) is 0 Å². The molecular weight excluding hydrogens is 334 g/mol. The van der Waals surface area contributed by atoms with Crippen molar-refractivity contribution in [2.75, 3.05) is 26.0 Å². The van der Waals surface area contributed by atoms with Crippen LogP contribution in [0.4, 0.5) is 5.13 Å². The average Bonchev–Trinajstić information content (AvgIpc) is 3.25. The van der Waals surface area contributed by atoms with Crippen LogP contribution in [0.25, 0.3) is 11.0 Å². The van der Waals surface area contributed by atoms with Gasteiger partial charge in [-0.05, 0) is 19.1 Å². The van der Waals surface area contributed by atoms with Gasteiger partial charge in [-0.3, -0.25) is 4.99 Å². The topological polar surface area (TPSA) is 65.7 Å². The Kier molecular flexibility index (Phi) is 5.23. The van der Waals surface area contributed by atoms with Crippen LogP contribution in [-0.2, 0) is 6.54 Å². The van der Waals surface area contributed by atoms with Crippen molar-refractivity contribution >= 4 is 33.4 Å². The number of anilines is 1. The van der Waals surface area contributed by atoms with E-state index in [1.165, 1.54) is 0 Å². The minimum absolute atomic E-state index is 0.00590. The van der Waals surface area contributed by atoms with Gasteiger partial charge >= 0.3 is 0 Å². The third-order valence-corrected chi connectivity index (χ3v) is 4.86. The molecule has 2 N–H and O–H groups in total. The second-order valence-electron chi connectivity index (χ2n) is 5.99. The van der Waals surface area contributed by atoms with Crippen LogP contribution in [0.15, 0.2) is 45.1 Å². The van der Waals surface area contributed by atoms with E-state index < -0.39 is 0 Å². The lowest BCUT2D eigenvalue weighted by Gasteiger charge is -2.15. The third-order valence-electron chi connectivity index (χ3n) is 3.81. The predicted molar refractivity (Wildman–Crippen MR) is 104 cm³/mol. The fourth-order valence-corrected chi connectivity index (χ4v) is 3.20. The van der Waals surface area contributed by atoms with E-state index in [2.05, 4.69) is 39.0 Å². The van der Waals surface area contributed by atoms with Crippen molar-refractivity contribution in [2.24, 2.45) is 4.99 Å². The summed E-state index contributed by atoms with van der Waals surface area (Å²) >= 11 is 1.63. The Bertz CT molecular complexity index is 834. The van der Waals surface area contributed by atoms with E-state index in [1.54, 1.807) is 18.4 Å². The molecule has 0 saturated heterocycles. The maximum atomic E-state index is 5.91. The van der Waals surface area contributed by atoms with Gasteiger partial charge in [0.05, 0.1) is 18.3 Å². The summed E-state index contributed by atoms with van der Waals surface area (Å²) in [6.45, 7) is 2.68. The summed E-state index contributed by atoms with van der Waals surface area (Å²) in [5.74, 6) is 1.60. The zero-order valence-electron chi connectivity index (χ0n) is 14.9. The summed E-state index contributed by atoms with van der Waals surface area (Å²) in [5, 5.41) is 10.8. The molecule has 1 atom stereocenters. The Morgan fingerprint density at radius 2 is 2.16 bits per heavy atom. The fraction of sp³-hybridized carbons (Fsp3) is 0.333. The van der Waals surface area contributed by atoms with E-state index in [4.69, 9.17) is 4.42 Å². The van der Waals surface area contributed by atoms with Crippen LogP contribution in [0.1, 0.15) is 24.4 Å². The second kappa shape index (κ2) is 7.57. The van der Waals surface area contributed by atoms with Crippen LogP contribution in [0, 0.1) is 0 Å². The summed E-state index contributed by atoms with van der Waals surface area (Å²) in [6.07, 6.45) is 0. The molecule has 2 heterocycles. The predicted octanol–water partition coefficient (Wildman–Crippen LogP) is 3.38. The molecule has 0 aliphatic heterocycles. The number of nitrogens with one attached hydrogen (secondary N) is 2. The summed E-state index contributed by atoms with van der Waals surface area (Å²) in [4.78, 5) is 10.9. The van der Waals surface area contributed by atoms with Crippen LogP contribution < -0.4 is 15.5 Å². The molecule has 7 heteroatoms. The quantitative estimate of drug-likeness (QED) is 0.541. The van der Waals surface area contributed by atoms with Crippen LogP contribution >= 0.6 is 11.3 Å². The molecule has 0 amide bonds. The summed E-state index contributed by atoms with van der Waals surface area (Å²) in [7, 11) is 5.74. The molecule has 0 saturated carbocycles. The molecule has 6 nitrogen and oxygen atoms in total. The van der Waals surface area contributed by atoms with Gasteiger partial charge in [0.1, 0.15) is 11.3 Å². The Morgan fingerprint density at radius 3 is 2.84 bits per heavy atom. The highest BCUT2D eigenvalue weighted by Gasteiger charge is 2.13. The fourth-order valence-electron chi connectivity index (χ4n) is 2.44. The first kappa shape index (κ1) is 17.3. The first-order chi connectivity index (χ1) is 12.1. The largest absolute Gasteiger partial charge is 0.459 e. The van der Waals surface area contributed by atoms with Gasteiger partial charge in [-0.25, -0.2) is 4.98 Å². The normalized spacial score (nSPS) is 13.0. The van der Waals surface area contributed by atoms with Crippen LogP contribution in [0.3, 0.4) is 0 Å². The monoisotopic (exact) mass is 357 g/mol. The second-order valence-corrected chi connectivity index (χ2v) is 6.83. The Hall–Kier alpha value is -2.54. The zero-order valence-corrected chi connectivity index (χ0v) is 15.7. The number of nitrogens with zero attached hydrogens (tertiary/aromatic N) is 3. The Balaban J connectivity index is 1.61. The van der Waals surface area contributed by atoms with E-state index in [9.17, 15) is 0 Å². The first-order valence-electron chi connectivity index (χ1n) is 8.14. The Morgan fingerprint density at radius 1 is 1.36 bits per heavy atom. The molecule has 0 fully saturated rings. The minimum Gasteiger partial charge on any atom is -0.459 e. The molecule has 0 aliphatic rings. The molecule has 0 spiro atoms. The van der Waals surface area contributed by atoms with Crippen molar-refractivity contribution in [2.45, 2.75) is 19.5 Å². The molecule has 1 aromatic carbocycles. The van der Waals surface area contributed by atoms with E-state index in [0.29, 0.717) is 12.5 Å². The summed E-state index contributed by atoms with van der Waals surface area (Å²) in [5.41, 5.74) is 1.89. The molecule has 25 heavy (non-hydrogen) atoms. The Labute approximate surface area is 151 Å². The molecule has 1 unspecified atom stereocenters. The summed E-state index contributed by atoms with van der Waals surface area (Å²) < 4.78 is 5.91. The molecule has 132 valence electrons. The molecule has 0 radical (unpaired) electrons. The number of fused-ring (bicyclic) bond motifs is 1. The lowest BCUT2D eigenvalue weighted by Crippen LogP contribution is -2.38. The molecule has 3 aromatic rings.